The molecule has 2 unspecified atom stereocenters. The van der Waals surface area contributed by atoms with Crippen molar-refractivity contribution in [3.8, 4) is 0 Å². The number of sulfonamides is 1. The Kier molecular flexibility index (Phi) is 11.7. The molecular weight excluding hydrogens is 478 g/mol. The van der Waals surface area contributed by atoms with Crippen LogP contribution in [0.25, 0.3) is 0 Å². The molecular formula is C18H29F4N3O7S. The molecule has 2 atom stereocenters. The zero-order valence-corrected chi connectivity index (χ0v) is 18.6. The van der Waals surface area contributed by atoms with Crippen molar-refractivity contribution in [3.63, 3.8) is 0 Å². The van der Waals surface area contributed by atoms with Gasteiger partial charge in [0.1, 0.15) is 6.23 Å². The maximum atomic E-state index is 12.8. The summed E-state index contributed by atoms with van der Waals surface area (Å²) in [6.45, 7) is 1.19. The van der Waals surface area contributed by atoms with Crippen molar-refractivity contribution in [1.29, 1.82) is 0 Å². The summed E-state index contributed by atoms with van der Waals surface area (Å²) in [7, 11) is -3.42. The number of carboxylic acid groups (broad SMARTS) is 2. The lowest BCUT2D eigenvalue weighted by atomic mass is 9.95. The number of hydrogen-bond donors (Lipinski definition) is 4. The Hall–Kier alpha value is -1.81. The van der Waals surface area contributed by atoms with Crippen LogP contribution in [0.1, 0.15) is 32.1 Å². The summed E-state index contributed by atoms with van der Waals surface area (Å²) >= 11 is 0. The van der Waals surface area contributed by atoms with Crippen molar-refractivity contribution in [2.45, 2.75) is 49.8 Å². The van der Waals surface area contributed by atoms with Crippen LogP contribution in [0.5, 0.6) is 0 Å². The summed E-state index contributed by atoms with van der Waals surface area (Å²) < 4.78 is 76.8. The molecule has 2 aliphatic heterocycles. The van der Waals surface area contributed by atoms with E-state index >= 15 is 0 Å². The van der Waals surface area contributed by atoms with E-state index in [-0.39, 0.29) is 38.3 Å². The van der Waals surface area contributed by atoms with E-state index in [4.69, 9.17) is 25.5 Å². The summed E-state index contributed by atoms with van der Waals surface area (Å²) in [5, 5.41) is 18.5. The lowest BCUT2D eigenvalue weighted by Crippen LogP contribution is -2.51. The molecule has 0 aliphatic carbocycles. The van der Waals surface area contributed by atoms with Gasteiger partial charge in [-0.3, -0.25) is 10.1 Å². The van der Waals surface area contributed by atoms with Crippen molar-refractivity contribution in [1.82, 2.24) is 9.62 Å². The summed E-state index contributed by atoms with van der Waals surface area (Å²) in [5.74, 6) is -3.55. The van der Waals surface area contributed by atoms with E-state index in [9.17, 15) is 30.8 Å². The van der Waals surface area contributed by atoms with E-state index in [1.165, 1.54) is 4.31 Å². The number of halogens is 4. The third-order valence-electron chi connectivity index (χ3n) is 5.27. The molecule has 0 aromatic carbocycles. The largest absolute Gasteiger partial charge is 0.490 e. The first-order valence-corrected chi connectivity index (χ1v) is 11.7. The van der Waals surface area contributed by atoms with Crippen molar-refractivity contribution in [2.75, 3.05) is 32.8 Å². The number of carboxylic acids is 2. The second-order valence-corrected chi connectivity index (χ2v) is 9.88. The molecule has 0 aromatic rings. The predicted octanol–water partition coefficient (Wildman–Crippen LogP) is 1.04. The Morgan fingerprint density at radius 3 is 2.12 bits per heavy atom. The number of aliphatic carboxylic acids is 2. The van der Waals surface area contributed by atoms with E-state index in [1.54, 1.807) is 0 Å². The first-order valence-electron chi connectivity index (χ1n) is 10.1. The first kappa shape index (κ1) is 29.2. The second kappa shape index (κ2) is 13.2. The number of rotatable bonds is 8. The minimum atomic E-state index is -5.08. The number of nitrogens with two attached hydrogens (primary N) is 1. The number of nitrogens with one attached hydrogen (secondary N) is 1. The van der Waals surface area contributed by atoms with E-state index in [2.05, 4.69) is 5.32 Å². The molecule has 5 N–H and O–H groups in total. The highest BCUT2D eigenvalue weighted by Crippen LogP contribution is 2.26. The standard InChI is InChI=1S/C16H28FN3O5S.C2HF3O2/c17-8-13(9-18)11-25-15-2-1-14(10-19-15)26(23,24)20-5-3-12(4-6-20)7-16(21)22;3-2(4,5)1(6)7/h8,12,14-15,19H,1-7,9-11,18H2,(H,21,22);(H,6,7)/b13-8-;. The van der Waals surface area contributed by atoms with Crippen molar-refractivity contribution in [3.05, 3.63) is 11.9 Å². The van der Waals surface area contributed by atoms with Gasteiger partial charge in [0.25, 0.3) is 0 Å². The molecule has 0 radical (unpaired) electrons. The molecule has 2 fully saturated rings. The van der Waals surface area contributed by atoms with E-state index < -0.39 is 33.4 Å². The fraction of sp³-hybridized carbons (Fsp3) is 0.778. The second-order valence-electron chi connectivity index (χ2n) is 7.67. The summed E-state index contributed by atoms with van der Waals surface area (Å²) in [5.41, 5.74) is 5.72. The fourth-order valence-electron chi connectivity index (χ4n) is 3.37. The zero-order valence-electron chi connectivity index (χ0n) is 17.8. The average molecular weight is 508 g/mol. The Morgan fingerprint density at radius 1 is 1.15 bits per heavy atom. The van der Waals surface area contributed by atoms with Gasteiger partial charge in [0.05, 0.1) is 18.2 Å². The van der Waals surface area contributed by atoms with Crippen LogP contribution in [0.2, 0.25) is 0 Å². The highest BCUT2D eigenvalue weighted by atomic mass is 32.2. The van der Waals surface area contributed by atoms with Crippen LogP contribution in [-0.2, 0) is 24.3 Å². The molecule has 0 saturated carbocycles. The number of carbonyl (C=O) groups is 2. The Bertz CT molecular complexity index is 776. The highest BCUT2D eigenvalue weighted by Gasteiger charge is 2.38. The molecule has 2 heterocycles. The topological polar surface area (TPSA) is 159 Å². The monoisotopic (exact) mass is 507 g/mol. The van der Waals surface area contributed by atoms with Gasteiger partial charge in [0.2, 0.25) is 10.0 Å². The van der Waals surface area contributed by atoms with Crippen LogP contribution in [0.15, 0.2) is 11.9 Å². The fourth-order valence-corrected chi connectivity index (χ4v) is 5.25. The molecule has 0 spiro atoms. The normalized spacial score (nSPS) is 23.5. The molecule has 33 heavy (non-hydrogen) atoms. The number of alkyl halides is 3. The maximum absolute atomic E-state index is 12.8. The van der Waals surface area contributed by atoms with Gasteiger partial charge in [-0.1, -0.05) is 0 Å². The van der Waals surface area contributed by atoms with Gasteiger partial charge in [0.15, 0.2) is 0 Å². The SMILES string of the molecule is NC/C(=C/F)COC1CCC(S(=O)(=O)N2CCC(CC(=O)O)CC2)CN1.O=C(O)C(F)(F)F. The lowest BCUT2D eigenvalue weighted by Gasteiger charge is -2.36. The van der Waals surface area contributed by atoms with Crippen LogP contribution in [-0.4, -0.2) is 85.3 Å². The summed E-state index contributed by atoms with van der Waals surface area (Å²) in [4.78, 5) is 19.7. The molecule has 192 valence electrons. The van der Waals surface area contributed by atoms with Gasteiger partial charge < -0.3 is 20.7 Å². The smallest absolute Gasteiger partial charge is 0.481 e. The average Bonchev–Trinajstić information content (AvgIpc) is 2.74. The zero-order chi connectivity index (χ0) is 25.2. The van der Waals surface area contributed by atoms with Crippen LogP contribution < -0.4 is 11.1 Å². The number of ether oxygens (including phenoxy) is 1. The van der Waals surface area contributed by atoms with Crippen LogP contribution in [0.4, 0.5) is 17.6 Å². The quantitative estimate of drug-likeness (QED) is 0.352. The van der Waals surface area contributed by atoms with Gasteiger partial charge >= 0.3 is 18.1 Å². The number of hydrogen-bond acceptors (Lipinski definition) is 7. The number of nitrogens with zero attached hydrogens (tertiary/aromatic N) is 1. The third-order valence-corrected chi connectivity index (χ3v) is 7.60. The molecule has 15 heteroatoms. The highest BCUT2D eigenvalue weighted by molar-refractivity contribution is 7.89. The molecule has 10 nitrogen and oxygen atoms in total. The minimum absolute atomic E-state index is 0.0431. The molecule has 2 aliphatic rings. The Balaban J connectivity index is 0.000000675. The minimum Gasteiger partial charge on any atom is -0.481 e. The first-order chi connectivity index (χ1) is 15.3. The van der Waals surface area contributed by atoms with Crippen LogP contribution in [0.3, 0.4) is 0 Å². The third kappa shape index (κ3) is 9.92. The maximum Gasteiger partial charge on any atom is 0.490 e. The van der Waals surface area contributed by atoms with E-state index in [1.807, 2.05) is 0 Å². The predicted molar refractivity (Wildman–Crippen MR) is 108 cm³/mol. The summed E-state index contributed by atoms with van der Waals surface area (Å²) in [6, 6.07) is 0. The van der Waals surface area contributed by atoms with Crippen molar-refractivity contribution in [2.24, 2.45) is 11.7 Å². The van der Waals surface area contributed by atoms with Gasteiger partial charge in [0, 0.05) is 32.6 Å². The van der Waals surface area contributed by atoms with Gasteiger partial charge in [-0.25, -0.2) is 21.9 Å². The van der Waals surface area contributed by atoms with Crippen molar-refractivity contribution < 1.29 is 50.5 Å². The number of piperidine rings is 2. The van der Waals surface area contributed by atoms with Crippen LogP contribution >= 0.6 is 0 Å². The van der Waals surface area contributed by atoms with E-state index in [0.717, 1.165) is 0 Å². The van der Waals surface area contributed by atoms with Gasteiger partial charge in [-0.2, -0.15) is 13.2 Å². The molecule has 0 aromatic heterocycles. The lowest BCUT2D eigenvalue weighted by molar-refractivity contribution is -0.192. The van der Waals surface area contributed by atoms with Crippen molar-refractivity contribution >= 4 is 22.0 Å². The van der Waals surface area contributed by atoms with Gasteiger partial charge in [-0.05, 0) is 37.2 Å². The molecule has 2 rings (SSSR count). The summed E-state index contributed by atoms with van der Waals surface area (Å²) in [6.07, 6.45) is -2.73. The molecule has 2 saturated heterocycles. The molecule has 0 bridgehead atoms. The Morgan fingerprint density at radius 2 is 1.73 bits per heavy atom. The van der Waals surface area contributed by atoms with Gasteiger partial charge in [-0.15, -0.1) is 0 Å². The van der Waals surface area contributed by atoms with E-state index in [0.29, 0.717) is 50.7 Å². The Labute approximate surface area is 188 Å². The molecule has 0 amide bonds. The van der Waals surface area contributed by atoms with Crippen LogP contribution in [0, 0.1) is 5.92 Å².